The van der Waals surface area contributed by atoms with Gasteiger partial charge in [0, 0.05) is 19.3 Å². The molecule has 1 aliphatic carbocycles. The third-order valence-corrected chi connectivity index (χ3v) is 8.32. The number of morpholine rings is 1. The molecule has 1 saturated carbocycles. The lowest BCUT2D eigenvalue weighted by molar-refractivity contribution is -0.0420. The highest BCUT2D eigenvalue weighted by molar-refractivity contribution is 7.89. The molecule has 2 atom stereocenters. The van der Waals surface area contributed by atoms with E-state index in [-0.39, 0.29) is 28.4 Å². The van der Waals surface area contributed by atoms with Crippen LogP contribution in [0.1, 0.15) is 31.2 Å². The molecule has 1 aliphatic heterocycles. The van der Waals surface area contributed by atoms with Crippen LogP contribution in [-0.4, -0.2) is 70.5 Å². The van der Waals surface area contributed by atoms with E-state index in [1.165, 1.54) is 22.9 Å². The molecule has 0 spiro atoms. The number of pyridine rings is 1. The van der Waals surface area contributed by atoms with Crippen LogP contribution in [0.5, 0.6) is 0 Å². The maximum absolute atomic E-state index is 13.3. The molecule has 2 aliphatic rings. The quantitative estimate of drug-likeness (QED) is 0.471. The Kier molecular flexibility index (Phi) is 5.96. The predicted octanol–water partition coefficient (Wildman–Crippen LogP) is 1.71. The Labute approximate surface area is 203 Å². The predicted molar refractivity (Wildman–Crippen MR) is 121 cm³/mol. The molecule has 2 fully saturated rings. The molecule has 0 unspecified atom stereocenters. The smallest absolute Gasteiger partial charge is 0.291 e. The third kappa shape index (κ3) is 4.47. The summed E-state index contributed by atoms with van der Waals surface area (Å²) in [5.41, 5.74) is -0.118. The van der Waals surface area contributed by atoms with Crippen LogP contribution in [-0.2, 0) is 14.8 Å². The molecule has 0 bridgehead atoms. The number of aliphatic hydroxyl groups excluding tert-OH is 1. The lowest BCUT2D eigenvalue weighted by Crippen LogP contribution is -2.48. The van der Waals surface area contributed by atoms with Gasteiger partial charge in [-0.2, -0.15) is 9.98 Å². The van der Waals surface area contributed by atoms with Gasteiger partial charge >= 0.3 is 0 Å². The molecule has 3 aromatic heterocycles. The van der Waals surface area contributed by atoms with Crippen LogP contribution >= 0.6 is 11.3 Å². The number of nitrogens with zero attached hydrogens (tertiary/aromatic N) is 6. The van der Waals surface area contributed by atoms with Gasteiger partial charge in [0.2, 0.25) is 10.0 Å². The van der Waals surface area contributed by atoms with E-state index >= 15 is 0 Å². The summed E-state index contributed by atoms with van der Waals surface area (Å²) in [4.78, 5) is 6.09. The Morgan fingerprint density at radius 2 is 2.17 bits per heavy atom. The van der Waals surface area contributed by atoms with Gasteiger partial charge in [0.15, 0.2) is 15.8 Å². The summed E-state index contributed by atoms with van der Waals surface area (Å²) in [7, 11) is -4.12. The van der Waals surface area contributed by atoms with Crippen LogP contribution in [0.25, 0.3) is 16.3 Å². The van der Waals surface area contributed by atoms with E-state index in [2.05, 4.69) is 19.9 Å². The molecule has 3 aromatic rings. The van der Waals surface area contributed by atoms with Crippen LogP contribution in [0.2, 0.25) is 0 Å². The number of imidazole rings is 1. The summed E-state index contributed by atoms with van der Waals surface area (Å²) in [6.45, 7) is 2.34. The number of halogens is 2. The van der Waals surface area contributed by atoms with Gasteiger partial charge in [0.05, 0.1) is 42.3 Å². The van der Waals surface area contributed by atoms with Crippen molar-refractivity contribution in [2.24, 2.45) is 0 Å². The molecule has 0 aromatic carbocycles. The first kappa shape index (κ1) is 23.9. The summed E-state index contributed by atoms with van der Waals surface area (Å²) in [6, 6.07) is 3.49. The molecule has 0 amide bonds. The molecule has 11 nitrogen and oxygen atoms in total. The largest absolute Gasteiger partial charge is 0.394 e. The number of aliphatic hydroxyl groups is 1. The summed E-state index contributed by atoms with van der Waals surface area (Å²) in [6.07, 6.45) is 0.131. The van der Waals surface area contributed by atoms with Crippen molar-refractivity contribution in [3.8, 4) is 16.9 Å². The van der Waals surface area contributed by atoms with Gasteiger partial charge in [-0.25, -0.2) is 22.2 Å². The number of ether oxygens (including phenoxy) is 1. The van der Waals surface area contributed by atoms with Crippen molar-refractivity contribution in [2.75, 3.05) is 24.6 Å². The first-order chi connectivity index (χ1) is 16.6. The minimum Gasteiger partial charge on any atom is -0.394 e. The van der Waals surface area contributed by atoms with E-state index in [1.54, 1.807) is 0 Å². The Bertz CT molecular complexity index is 1410. The van der Waals surface area contributed by atoms with Crippen molar-refractivity contribution in [1.29, 1.82) is 5.26 Å². The lowest BCUT2D eigenvalue weighted by atomic mass is 10.2. The molecular formula is C20H21F2N7O4S2. The van der Waals surface area contributed by atoms with Gasteiger partial charge in [0.1, 0.15) is 10.4 Å². The van der Waals surface area contributed by atoms with Crippen LogP contribution in [0.3, 0.4) is 0 Å². The number of alkyl halides is 2. The zero-order valence-electron chi connectivity index (χ0n) is 18.4. The van der Waals surface area contributed by atoms with Crippen molar-refractivity contribution in [3.05, 3.63) is 23.5 Å². The van der Waals surface area contributed by atoms with Gasteiger partial charge in [-0.1, -0.05) is 11.3 Å². The molecule has 4 heterocycles. The third-order valence-electron chi connectivity index (χ3n) is 5.89. The number of aromatic nitrogens is 4. The number of hydrogen-bond acceptors (Lipinski definition) is 10. The molecule has 1 saturated heterocycles. The van der Waals surface area contributed by atoms with E-state index in [0.29, 0.717) is 48.5 Å². The Morgan fingerprint density at radius 3 is 2.80 bits per heavy atom. The van der Waals surface area contributed by atoms with Crippen LogP contribution in [0.15, 0.2) is 23.4 Å². The maximum atomic E-state index is 13.3. The molecular weight excluding hydrogens is 504 g/mol. The first-order valence-electron chi connectivity index (χ1n) is 10.7. The zero-order chi connectivity index (χ0) is 25.0. The summed E-state index contributed by atoms with van der Waals surface area (Å²) in [5.74, 6) is 0.157. The molecule has 186 valence electrons. The van der Waals surface area contributed by atoms with Crippen molar-refractivity contribution in [3.63, 3.8) is 0 Å². The molecule has 5 rings (SSSR count). The highest BCUT2D eigenvalue weighted by Gasteiger charge is 2.47. The van der Waals surface area contributed by atoms with E-state index in [1.807, 2.05) is 17.9 Å². The molecule has 0 radical (unpaired) electrons. The highest BCUT2D eigenvalue weighted by atomic mass is 32.2. The van der Waals surface area contributed by atoms with Crippen LogP contribution in [0.4, 0.5) is 14.5 Å². The summed E-state index contributed by atoms with van der Waals surface area (Å²) in [5, 5.41) is 26.0. The van der Waals surface area contributed by atoms with E-state index in [4.69, 9.17) is 4.74 Å². The highest BCUT2D eigenvalue weighted by Crippen LogP contribution is 2.38. The van der Waals surface area contributed by atoms with Crippen LogP contribution < -0.4 is 9.62 Å². The van der Waals surface area contributed by atoms with E-state index < -0.39 is 33.1 Å². The Morgan fingerprint density at radius 1 is 1.40 bits per heavy atom. The zero-order valence-corrected chi connectivity index (χ0v) is 20.1. The minimum atomic E-state index is -4.12. The van der Waals surface area contributed by atoms with Crippen molar-refractivity contribution >= 4 is 32.6 Å². The second-order valence-corrected chi connectivity index (χ2v) is 11.3. The van der Waals surface area contributed by atoms with Crippen LogP contribution in [0, 0.1) is 11.3 Å². The number of rotatable bonds is 7. The average molecular weight is 526 g/mol. The van der Waals surface area contributed by atoms with Gasteiger partial charge in [0.25, 0.3) is 6.43 Å². The van der Waals surface area contributed by atoms with Gasteiger partial charge in [-0.3, -0.25) is 4.40 Å². The molecule has 2 N–H and O–H groups in total. The topological polar surface area (TPSA) is 146 Å². The van der Waals surface area contributed by atoms with E-state index in [0.717, 1.165) is 0 Å². The summed E-state index contributed by atoms with van der Waals surface area (Å²) >= 11 is 0.666. The number of fused-ring (bicyclic) bond motifs is 1. The number of nitriles is 1. The minimum absolute atomic E-state index is 0.105. The monoisotopic (exact) mass is 525 g/mol. The Hall–Kier alpha value is -2.77. The maximum Gasteiger partial charge on any atom is 0.291 e. The van der Waals surface area contributed by atoms with Crippen molar-refractivity contribution < 1.29 is 27.0 Å². The molecule has 15 heteroatoms. The van der Waals surface area contributed by atoms with E-state index in [9.17, 15) is 27.6 Å². The van der Waals surface area contributed by atoms with Crippen molar-refractivity contribution in [2.45, 2.75) is 48.8 Å². The van der Waals surface area contributed by atoms with Gasteiger partial charge in [-0.15, -0.1) is 10.2 Å². The number of nitrogens with one attached hydrogen (secondary N) is 1. The number of hydrogen-bond donors (Lipinski definition) is 2. The average Bonchev–Trinajstić information content (AvgIpc) is 3.21. The first-order valence-corrected chi connectivity index (χ1v) is 13.0. The van der Waals surface area contributed by atoms with Crippen molar-refractivity contribution in [1.82, 2.24) is 24.3 Å². The SMILES string of the molecule is C[C@H]1CN(c2cc(S(=O)(=O)NC3(C#N)CC3)cn3c(-c4nnc(C(F)F)s4)ncc23)C[C@H](CO)O1. The lowest BCUT2D eigenvalue weighted by Gasteiger charge is -2.38. The second-order valence-electron chi connectivity index (χ2n) is 8.60. The van der Waals surface area contributed by atoms with Gasteiger partial charge in [-0.05, 0) is 25.8 Å². The van der Waals surface area contributed by atoms with Gasteiger partial charge < -0.3 is 14.7 Å². The number of sulfonamides is 1. The Balaban J connectivity index is 1.66. The summed E-state index contributed by atoms with van der Waals surface area (Å²) < 4.78 is 62.4. The second kappa shape index (κ2) is 8.71. The fourth-order valence-corrected chi connectivity index (χ4v) is 6.13. The number of anilines is 1. The fourth-order valence-electron chi connectivity index (χ4n) is 4.05. The molecule has 35 heavy (non-hydrogen) atoms. The fraction of sp³-hybridized carbons (Fsp3) is 0.500. The normalized spacial score (nSPS) is 22.0. The standard InChI is InChI=1S/C20H21F2N7O4S2/c1-11-6-28(7-12(9-30)33-11)14-4-13(35(31,32)27-20(10-23)2-3-20)8-29-15(14)5-24-17(29)19-26-25-18(34-19)16(21)22/h4-5,8,11-12,16,27,30H,2-3,6-7,9H2,1H3/t11-,12+/m0/s1.